The fourth-order valence-corrected chi connectivity index (χ4v) is 4.89. The van der Waals surface area contributed by atoms with Gasteiger partial charge in [0.2, 0.25) is 11.8 Å². The number of benzene rings is 1. The van der Waals surface area contributed by atoms with Crippen molar-refractivity contribution in [1.82, 2.24) is 4.90 Å². The molecule has 1 aromatic rings. The van der Waals surface area contributed by atoms with Gasteiger partial charge >= 0.3 is 5.97 Å². The van der Waals surface area contributed by atoms with Crippen molar-refractivity contribution in [2.24, 2.45) is 23.7 Å². The highest BCUT2D eigenvalue weighted by molar-refractivity contribution is 6.08. The monoisotopic (exact) mass is 370 g/mol. The molecule has 1 aliphatic heterocycles. The number of amides is 3. The topological polar surface area (TPSA) is 92.8 Å². The van der Waals surface area contributed by atoms with Crippen LogP contribution in [0.4, 0.5) is 5.69 Å². The number of hydrogen-bond acceptors (Lipinski definition) is 5. The van der Waals surface area contributed by atoms with Crippen molar-refractivity contribution < 1.29 is 23.9 Å². The molecule has 2 bridgehead atoms. The van der Waals surface area contributed by atoms with E-state index in [9.17, 15) is 19.2 Å². The number of rotatable bonds is 5. The van der Waals surface area contributed by atoms with E-state index in [-0.39, 0.29) is 35.5 Å². The van der Waals surface area contributed by atoms with Crippen molar-refractivity contribution in [3.63, 3.8) is 0 Å². The Morgan fingerprint density at radius 3 is 2.30 bits per heavy atom. The molecule has 1 saturated heterocycles. The van der Waals surface area contributed by atoms with Crippen LogP contribution in [-0.2, 0) is 23.9 Å². The standard InChI is InChI=1S/C20H22N2O5/c1-11(20(26)27-10-15(23)21-14-5-3-2-4-6-14)22-18(24)16-12-7-8-13(9-12)17(16)19(22)25/h2-6,11-13,16-17H,7-10H2,1H3,(H,21,23)/t11-,12-,13+,16+,17+/m1/s1. The third-order valence-electron chi connectivity index (χ3n) is 6.09. The quantitative estimate of drug-likeness (QED) is 0.628. The summed E-state index contributed by atoms with van der Waals surface area (Å²) in [6, 6.07) is 7.80. The van der Waals surface area contributed by atoms with Gasteiger partial charge in [-0.2, -0.15) is 0 Å². The Bertz CT molecular complexity index is 765. The molecule has 0 unspecified atom stereocenters. The molecule has 1 N–H and O–H groups in total. The summed E-state index contributed by atoms with van der Waals surface area (Å²) < 4.78 is 5.04. The molecule has 3 fully saturated rings. The van der Waals surface area contributed by atoms with Crippen molar-refractivity contribution in [3.8, 4) is 0 Å². The van der Waals surface area contributed by atoms with E-state index in [0.29, 0.717) is 5.69 Å². The molecular formula is C20H22N2O5. The zero-order chi connectivity index (χ0) is 19.1. The maximum atomic E-state index is 12.7. The van der Waals surface area contributed by atoms with E-state index in [1.165, 1.54) is 6.92 Å². The van der Waals surface area contributed by atoms with Crippen molar-refractivity contribution in [2.75, 3.05) is 11.9 Å². The van der Waals surface area contributed by atoms with E-state index < -0.39 is 24.5 Å². The number of nitrogens with zero attached hydrogens (tertiary/aromatic N) is 1. The van der Waals surface area contributed by atoms with Crippen LogP contribution in [0.5, 0.6) is 0 Å². The first kappa shape index (κ1) is 17.7. The van der Waals surface area contributed by atoms with E-state index in [1.807, 2.05) is 6.07 Å². The third-order valence-corrected chi connectivity index (χ3v) is 6.09. The molecule has 4 rings (SSSR count). The maximum Gasteiger partial charge on any atom is 0.329 e. The van der Waals surface area contributed by atoms with E-state index >= 15 is 0 Å². The second-order valence-electron chi connectivity index (χ2n) is 7.63. The predicted octanol–water partition coefficient (Wildman–Crippen LogP) is 1.59. The molecule has 3 aliphatic rings. The zero-order valence-corrected chi connectivity index (χ0v) is 15.1. The lowest BCUT2D eigenvalue weighted by Crippen LogP contribution is -2.45. The minimum absolute atomic E-state index is 0.254. The van der Waals surface area contributed by atoms with Gasteiger partial charge in [-0.3, -0.25) is 19.3 Å². The van der Waals surface area contributed by atoms with Gasteiger partial charge in [0.25, 0.3) is 5.91 Å². The molecule has 3 amide bonds. The first-order valence-corrected chi connectivity index (χ1v) is 9.36. The van der Waals surface area contributed by atoms with Crippen LogP contribution in [-0.4, -0.2) is 41.2 Å². The Balaban J connectivity index is 1.35. The number of imide groups is 1. The number of carbonyl (C=O) groups is 4. The summed E-state index contributed by atoms with van der Waals surface area (Å²) in [5.74, 6) is -1.74. The Hall–Kier alpha value is -2.70. The minimum atomic E-state index is -1.01. The molecule has 7 nitrogen and oxygen atoms in total. The van der Waals surface area contributed by atoms with Crippen LogP contribution in [0.3, 0.4) is 0 Å². The van der Waals surface area contributed by atoms with Crippen LogP contribution in [0.15, 0.2) is 30.3 Å². The molecular weight excluding hydrogens is 348 g/mol. The largest absolute Gasteiger partial charge is 0.454 e. The van der Waals surface area contributed by atoms with Crippen LogP contribution < -0.4 is 5.32 Å². The second-order valence-corrected chi connectivity index (χ2v) is 7.63. The summed E-state index contributed by atoms with van der Waals surface area (Å²) in [5, 5.41) is 2.61. The van der Waals surface area contributed by atoms with Crippen molar-refractivity contribution in [3.05, 3.63) is 30.3 Å². The fraction of sp³-hybridized carbons (Fsp3) is 0.500. The van der Waals surface area contributed by atoms with Gasteiger partial charge in [-0.25, -0.2) is 4.79 Å². The Kier molecular flexibility index (Phi) is 4.45. The Morgan fingerprint density at radius 2 is 1.70 bits per heavy atom. The van der Waals surface area contributed by atoms with E-state index in [0.717, 1.165) is 24.2 Å². The van der Waals surface area contributed by atoms with Gasteiger partial charge in [0.05, 0.1) is 11.8 Å². The van der Waals surface area contributed by atoms with Gasteiger partial charge in [-0.1, -0.05) is 18.2 Å². The first-order chi connectivity index (χ1) is 13.0. The van der Waals surface area contributed by atoms with Crippen LogP contribution in [0, 0.1) is 23.7 Å². The maximum absolute atomic E-state index is 12.7. The first-order valence-electron chi connectivity index (χ1n) is 9.36. The van der Waals surface area contributed by atoms with E-state index in [4.69, 9.17) is 4.74 Å². The number of hydrogen-bond donors (Lipinski definition) is 1. The van der Waals surface area contributed by atoms with Gasteiger partial charge in [0.15, 0.2) is 6.61 Å². The highest BCUT2D eigenvalue weighted by Crippen LogP contribution is 2.56. The number of carbonyl (C=O) groups excluding carboxylic acids is 4. The molecule has 7 heteroatoms. The molecule has 0 radical (unpaired) electrons. The average molecular weight is 370 g/mol. The van der Waals surface area contributed by atoms with E-state index in [2.05, 4.69) is 5.32 Å². The summed E-state index contributed by atoms with van der Waals surface area (Å²) in [6.45, 7) is 1.02. The number of ether oxygens (including phenoxy) is 1. The third kappa shape index (κ3) is 3.01. The normalized spacial score (nSPS) is 29.6. The number of nitrogens with one attached hydrogen (secondary N) is 1. The average Bonchev–Trinajstić information content (AvgIpc) is 3.34. The Morgan fingerprint density at radius 1 is 1.11 bits per heavy atom. The molecule has 1 heterocycles. The number of esters is 1. The summed E-state index contributed by atoms with van der Waals surface area (Å²) in [5.41, 5.74) is 0.597. The molecule has 0 spiro atoms. The van der Waals surface area contributed by atoms with Gasteiger partial charge in [0, 0.05) is 5.69 Å². The van der Waals surface area contributed by atoms with Crippen LogP contribution in [0.1, 0.15) is 26.2 Å². The second kappa shape index (κ2) is 6.79. The van der Waals surface area contributed by atoms with Crippen LogP contribution in [0.2, 0.25) is 0 Å². The lowest BCUT2D eigenvalue weighted by molar-refractivity contribution is -0.159. The van der Waals surface area contributed by atoms with E-state index in [1.54, 1.807) is 24.3 Å². The molecule has 2 saturated carbocycles. The van der Waals surface area contributed by atoms with Crippen LogP contribution in [0.25, 0.3) is 0 Å². The summed E-state index contributed by atoms with van der Waals surface area (Å²) >= 11 is 0. The van der Waals surface area contributed by atoms with Gasteiger partial charge in [0.1, 0.15) is 6.04 Å². The molecule has 2 aliphatic carbocycles. The van der Waals surface area contributed by atoms with Crippen molar-refractivity contribution in [1.29, 1.82) is 0 Å². The van der Waals surface area contributed by atoms with Gasteiger partial charge in [-0.05, 0) is 50.2 Å². The van der Waals surface area contributed by atoms with Gasteiger partial charge < -0.3 is 10.1 Å². The number of anilines is 1. The van der Waals surface area contributed by atoms with Crippen molar-refractivity contribution in [2.45, 2.75) is 32.2 Å². The smallest absolute Gasteiger partial charge is 0.329 e. The zero-order valence-electron chi connectivity index (χ0n) is 15.1. The number of likely N-dealkylation sites (tertiary alicyclic amines) is 1. The lowest BCUT2D eigenvalue weighted by atomic mass is 9.81. The SMILES string of the molecule is C[C@H](C(=O)OCC(=O)Nc1ccccc1)N1C(=O)[C@H]2[C@@H]3CC[C@@H](C3)[C@@H]2C1=O. The summed E-state index contributed by atoms with van der Waals surface area (Å²) in [7, 11) is 0. The van der Waals surface area contributed by atoms with Gasteiger partial charge in [-0.15, -0.1) is 0 Å². The number of para-hydroxylation sites is 1. The summed E-state index contributed by atoms with van der Waals surface area (Å²) in [6.07, 6.45) is 2.91. The molecule has 0 aromatic heterocycles. The predicted molar refractivity (Wildman–Crippen MR) is 95.2 cm³/mol. The Labute approximate surface area is 157 Å². The number of fused-ring (bicyclic) bond motifs is 5. The van der Waals surface area contributed by atoms with Crippen LogP contribution >= 0.6 is 0 Å². The fourth-order valence-electron chi connectivity index (χ4n) is 4.89. The highest BCUT2D eigenvalue weighted by Gasteiger charge is 2.62. The van der Waals surface area contributed by atoms with Crippen molar-refractivity contribution >= 4 is 29.4 Å². The molecule has 27 heavy (non-hydrogen) atoms. The molecule has 142 valence electrons. The molecule has 5 atom stereocenters. The lowest BCUT2D eigenvalue weighted by Gasteiger charge is -2.23. The minimum Gasteiger partial charge on any atom is -0.454 e. The highest BCUT2D eigenvalue weighted by atomic mass is 16.5. The summed E-state index contributed by atoms with van der Waals surface area (Å²) in [4.78, 5) is 50.8. The molecule has 1 aromatic carbocycles.